The fourth-order valence-electron chi connectivity index (χ4n) is 2.84. The molecule has 4 aromatic rings. The maximum atomic E-state index is 14.6. The molecule has 120 valence electrons. The van der Waals surface area contributed by atoms with Crippen LogP contribution in [-0.4, -0.2) is 20.2 Å². The average Bonchev–Trinajstić information content (AvgIpc) is 2.93. The molecule has 4 N–H and O–H groups in total. The number of nitrogens with one attached hydrogen (secondary N) is 2. The first-order valence-electron chi connectivity index (χ1n) is 7.08. The van der Waals surface area contributed by atoms with Crippen LogP contribution in [0.2, 0.25) is 0 Å². The quantitative estimate of drug-likeness (QED) is 0.500. The number of hydrogen-bond acceptors (Lipinski definition) is 4. The molecular weight excluding hydrogens is 316 g/mol. The van der Waals surface area contributed by atoms with E-state index in [1.54, 1.807) is 13.0 Å². The van der Waals surface area contributed by atoms with Crippen LogP contribution in [-0.2, 0) is 0 Å². The number of aromatic amines is 2. The van der Waals surface area contributed by atoms with Gasteiger partial charge in [0.25, 0.3) is 0 Å². The molecule has 0 fully saturated rings. The van der Waals surface area contributed by atoms with E-state index in [1.165, 1.54) is 12.3 Å². The standard InChI is InChI=1S/C16H11F2N5O/c1-6-11-13-12(8(17)4-9(24)14(13)18)15(21-16(11)23-22-6)7-2-3-10(19)20-5-7/h2-5H,1H3,(H2,19,20)(H2,21,22,23). The number of hydrogen-bond donors (Lipinski definition) is 3. The van der Waals surface area contributed by atoms with E-state index in [4.69, 9.17) is 5.73 Å². The highest BCUT2D eigenvalue weighted by molar-refractivity contribution is 6.11. The Morgan fingerprint density at radius 3 is 2.62 bits per heavy atom. The van der Waals surface area contributed by atoms with Crippen molar-refractivity contribution < 1.29 is 8.78 Å². The molecule has 24 heavy (non-hydrogen) atoms. The summed E-state index contributed by atoms with van der Waals surface area (Å²) in [6, 6.07) is 3.78. The summed E-state index contributed by atoms with van der Waals surface area (Å²) in [4.78, 5) is 20.1. The topological polar surface area (TPSA) is 100 Å². The van der Waals surface area contributed by atoms with Gasteiger partial charge in [-0.3, -0.25) is 9.89 Å². The van der Waals surface area contributed by atoms with Gasteiger partial charge in [-0.1, -0.05) is 0 Å². The highest BCUT2D eigenvalue weighted by Crippen LogP contribution is 2.34. The molecule has 0 saturated heterocycles. The molecule has 0 aliphatic carbocycles. The molecule has 0 spiro atoms. The van der Waals surface area contributed by atoms with Crippen molar-refractivity contribution in [3.8, 4) is 11.3 Å². The third kappa shape index (κ3) is 1.89. The van der Waals surface area contributed by atoms with Crippen LogP contribution in [0.3, 0.4) is 0 Å². The monoisotopic (exact) mass is 327 g/mol. The van der Waals surface area contributed by atoms with Gasteiger partial charge in [0.05, 0.1) is 11.1 Å². The average molecular weight is 327 g/mol. The lowest BCUT2D eigenvalue weighted by atomic mass is 10.0. The summed E-state index contributed by atoms with van der Waals surface area (Å²) in [5, 5.41) is 5.77. The van der Waals surface area contributed by atoms with Crippen molar-refractivity contribution in [2.75, 3.05) is 5.73 Å². The summed E-state index contributed by atoms with van der Waals surface area (Å²) in [6.07, 6.45) is 1.42. The Kier molecular flexibility index (Phi) is 2.89. The number of aryl methyl sites for hydroxylation is 1. The Labute approximate surface area is 133 Å². The molecule has 8 heteroatoms. The number of halogens is 2. The smallest absolute Gasteiger partial charge is 0.217 e. The third-order valence-corrected chi connectivity index (χ3v) is 3.93. The minimum absolute atomic E-state index is 0.0673. The van der Waals surface area contributed by atoms with E-state index >= 15 is 0 Å². The molecule has 1 aromatic carbocycles. The Morgan fingerprint density at radius 1 is 1.12 bits per heavy atom. The second-order valence-corrected chi connectivity index (χ2v) is 5.45. The zero-order valence-corrected chi connectivity index (χ0v) is 12.4. The molecule has 3 heterocycles. The van der Waals surface area contributed by atoms with E-state index in [0.29, 0.717) is 34.2 Å². The number of rotatable bonds is 1. The van der Waals surface area contributed by atoms with E-state index < -0.39 is 17.1 Å². The Bertz CT molecular complexity index is 1160. The molecule has 0 bridgehead atoms. The molecule has 0 saturated carbocycles. The van der Waals surface area contributed by atoms with Crippen LogP contribution in [0.1, 0.15) is 5.69 Å². The van der Waals surface area contributed by atoms with Crippen molar-refractivity contribution in [1.29, 1.82) is 0 Å². The second kappa shape index (κ2) is 4.85. The summed E-state index contributed by atoms with van der Waals surface area (Å²) in [5.74, 6) is -1.56. The summed E-state index contributed by atoms with van der Waals surface area (Å²) < 4.78 is 29.1. The first-order chi connectivity index (χ1) is 11.5. The van der Waals surface area contributed by atoms with Gasteiger partial charge in [-0.15, -0.1) is 0 Å². The molecule has 4 rings (SSSR count). The predicted molar refractivity (Wildman–Crippen MR) is 86.5 cm³/mol. The molecule has 3 aromatic heterocycles. The van der Waals surface area contributed by atoms with E-state index in [0.717, 1.165) is 0 Å². The molecule has 0 aliphatic heterocycles. The number of nitrogens with zero attached hydrogens (tertiary/aromatic N) is 2. The zero-order chi connectivity index (χ0) is 17.0. The molecule has 0 unspecified atom stereocenters. The normalized spacial score (nSPS) is 11.5. The number of nitrogen functional groups attached to an aromatic ring is 1. The fraction of sp³-hybridized carbons (Fsp3) is 0.0625. The van der Waals surface area contributed by atoms with E-state index in [-0.39, 0.29) is 16.5 Å². The lowest BCUT2D eigenvalue weighted by Crippen LogP contribution is -2.08. The van der Waals surface area contributed by atoms with Crippen molar-refractivity contribution in [3.05, 3.63) is 51.9 Å². The van der Waals surface area contributed by atoms with Gasteiger partial charge in [0, 0.05) is 34.3 Å². The maximum Gasteiger partial charge on any atom is 0.217 e. The minimum atomic E-state index is -1.01. The highest BCUT2D eigenvalue weighted by Gasteiger charge is 2.21. The molecular formula is C16H11F2N5O. The van der Waals surface area contributed by atoms with Crippen LogP contribution in [0.15, 0.2) is 29.2 Å². The summed E-state index contributed by atoms with van der Waals surface area (Å²) >= 11 is 0. The largest absolute Gasteiger partial charge is 0.384 e. The van der Waals surface area contributed by atoms with Gasteiger partial charge in [-0.25, -0.2) is 18.7 Å². The second-order valence-electron chi connectivity index (χ2n) is 5.45. The fourth-order valence-corrected chi connectivity index (χ4v) is 2.84. The number of pyridine rings is 2. The van der Waals surface area contributed by atoms with Crippen LogP contribution < -0.4 is 11.2 Å². The van der Waals surface area contributed by atoms with Gasteiger partial charge in [0.1, 0.15) is 11.6 Å². The van der Waals surface area contributed by atoms with Crippen molar-refractivity contribution >= 4 is 27.6 Å². The van der Waals surface area contributed by atoms with E-state index in [9.17, 15) is 13.6 Å². The van der Waals surface area contributed by atoms with Crippen molar-refractivity contribution in [2.24, 2.45) is 0 Å². The highest BCUT2D eigenvalue weighted by atomic mass is 19.1. The SMILES string of the molecule is Cc1[nH][nH]c2nc(-c3ccc(N)nc3)c3c(F)cc(=O)c(F)c3c12. The first-order valence-corrected chi connectivity index (χ1v) is 7.08. The zero-order valence-electron chi connectivity index (χ0n) is 12.4. The van der Waals surface area contributed by atoms with Crippen LogP contribution >= 0.6 is 0 Å². The maximum absolute atomic E-state index is 14.6. The molecule has 0 radical (unpaired) electrons. The molecule has 0 amide bonds. The Hall–Kier alpha value is -3.29. The van der Waals surface area contributed by atoms with Crippen molar-refractivity contribution in [2.45, 2.75) is 6.92 Å². The minimum Gasteiger partial charge on any atom is -0.384 e. The number of aromatic nitrogens is 4. The van der Waals surface area contributed by atoms with Gasteiger partial charge >= 0.3 is 0 Å². The van der Waals surface area contributed by atoms with Crippen LogP contribution in [0.4, 0.5) is 14.6 Å². The number of benzene rings is 1. The lowest BCUT2D eigenvalue weighted by molar-refractivity contribution is 0.609. The van der Waals surface area contributed by atoms with E-state index in [2.05, 4.69) is 20.2 Å². The third-order valence-electron chi connectivity index (χ3n) is 3.93. The van der Waals surface area contributed by atoms with Gasteiger partial charge in [0.15, 0.2) is 11.5 Å². The first kappa shape index (κ1) is 14.3. The van der Waals surface area contributed by atoms with Crippen LogP contribution in [0.25, 0.3) is 33.1 Å². The molecule has 0 aliphatic rings. The van der Waals surface area contributed by atoms with E-state index in [1.807, 2.05) is 0 Å². The number of H-pyrrole nitrogens is 2. The predicted octanol–water partition coefficient (Wildman–Crippen LogP) is 2.64. The van der Waals surface area contributed by atoms with Gasteiger partial charge in [-0.2, -0.15) is 0 Å². The lowest BCUT2D eigenvalue weighted by Gasteiger charge is -2.09. The summed E-state index contributed by atoms with van der Waals surface area (Å²) in [7, 11) is 0. The summed E-state index contributed by atoms with van der Waals surface area (Å²) in [6.45, 7) is 1.68. The van der Waals surface area contributed by atoms with Crippen molar-refractivity contribution in [1.82, 2.24) is 20.2 Å². The van der Waals surface area contributed by atoms with Gasteiger partial charge < -0.3 is 10.8 Å². The van der Waals surface area contributed by atoms with Gasteiger partial charge in [-0.05, 0) is 19.1 Å². The molecule has 6 nitrogen and oxygen atoms in total. The number of nitrogens with two attached hydrogens (primary N) is 1. The van der Waals surface area contributed by atoms with Crippen LogP contribution in [0.5, 0.6) is 0 Å². The number of anilines is 1. The molecule has 0 atom stereocenters. The van der Waals surface area contributed by atoms with Crippen molar-refractivity contribution in [3.63, 3.8) is 0 Å². The number of fused-ring (bicyclic) bond motifs is 3. The summed E-state index contributed by atoms with van der Waals surface area (Å²) in [5.41, 5.74) is 6.06. The Balaban J connectivity index is 2.27. The van der Waals surface area contributed by atoms with Crippen LogP contribution in [0, 0.1) is 18.6 Å². The van der Waals surface area contributed by atoms with Gasteiger partial charge in [0.2, 0.25) is 5.43 Å². The Morgan fingerprint density at radius 2 is 1.92 bits per heavy atom.